The summed E-state index contributed by atoms with van der Waals surface area (Å²) in [5, 5.41) is 2.76. The molecule has 1 aromatic heterocycles. The Bertz CT molecular complexity index is 955. The van der Waals surface area contributed by atoms with E-state index in [9.17, 15) is 14.0 Å². The van der Waals surface area contributed by atoms with Gasteiger partial charge in [-0.3, -0.25) is 14.5 Å². The number of Topliss-reactive ketones (excluding diaryl/α,β-unsaturated/α-hetero) is 1. The minimum atomic E-state index is -0.386. The monoisotopic (exact) mass is 383 g/mol. The number of rotatable bonds is 7. The van der Waals surface area contributed by atoms with E-state index in [2.05, 4.69) is 15.2 Å². The number of carbonyl (C=O) groups is 2. The van der Waals surface area contributed by atoms with Crippen LogP contribution in [-0.2, 0) is 16.0 Å². The van der Waals surface area contributed by atoms with Gasteiger partial charge in [0.25, 0.3) is 5.91 Å². The number of hydrogen-bond acceptors (Lipinski definition) is 3. The van der Waals surface area contributed by atoms with Crippen LogP contribution in [0.15, 0.2) is 18.2 Å². The van der Waals surface area contributed by atoms with Gasteiger partial charge in [0.2, 0.25) is 0 Å². The second-order valence-corrected chi connectivity index (χ2v) is 7.15. The van der Waals surface area contributed by atoms with Crippen LogP contribution in [0, 0.1) is 19.7 Å². The van der Waals surface area contributed by atoms with E-state index in [1.165, 1.54) is 12.1 Å². The van der Waals surface area contributed by atoms with E-state index < -0.39 is 0 Å². The number of amides is 1. The lowest BCUT2D eigenvalue weighted by atomic mass is 10.0. The molecular formula is C22H26FN3O2. The fraction of sp³-hybridized carbons (Fsp3) is 0.364. The average Bonchev–Trinajstić information content (AvgIpc) is 3.10. The van der Waals surface area contributed by atoms with Crippen LogP contribution in [0.25, 0.3) is 11.6 Å². The van der Waals surface area contributed by atoms with Crippen molar-refractivity contribution < 1.29 is 14.0 Å². The number of fused-ring (bicyclic) bond motifs is 1. The highest BCUT2D eigenvalue weighted by Crippen LogP contribution is 2.34. The van der Waals surface area contributed by atoms with Crippen molar-refractivity contribution >= 4 is 29.0 Å². The summed E-state index contributed by atoms with van der Waals surface area (Å²) in [6.45, 7) is 10.1. The van der Waals surface area contributed by atoms with E-state index in [0.29, 0.717) is 29.8 Å². The number of aromatic nitrogens is 1. The number of nitrogens with one attached hydrogen (secondary N) is 2. The Morgan fingerprint density at radius 1 is 1.21 bits per heavy atom. The third-order valence-electron chi connectivity index (χ3n) is 5.35. The van der Waals surface area contributed by atoms with Crippen LogP contribution in [-0.4, -0.2) is 41.2 Å². The Morgan fingerprint density at radius 2 is 1.93 bits per heavy atom. The van der Waals surface area contributed by atoms with Gasteiger partial charge in [-0.25, -0.2) is 4.39 Å². The molecule has 0 bridgehead atoms. The normalized spacial score (nSPS) is 14.6. The molecule has 28 heavy (non-hydrogen) atoms. The van der Waals surface area contributed by atoms with Gasteiger partial charge < -0.3 is 10.3 Å². The largest absolute Gasteiger partial charge is 0.359 e. The zero-order valence-electron chi connectivity index (χ0n) is 16.8. The van der Waals surface area contributed by atoms with Gasteiger partial charge in [0, 0.05) is 29.1 Å². The van der Waals surface area contributed by atoms with E-state index in [-0.39, 0.29) is 17.5 Å². The quantitative estimate of drug-likeness (QED) is 0.716. The number of hydrogen-bond donors (Lipinski definition) is 2. The molecule has 1 aromatic carbocycles. The van der Waals surface area contributed by atoms with E-state index in [4.69, 9.17) is 0 Å². The van der Waals surface area contributed by atoms with Gasteiger partial charge in [-0.05, 0) is 62.3 Å². The molecule has 2 N–H and O–H groups in total. The Labute approximate surface area is 164 Å². The summed E-state index contributed by atoms with van der Waals surface area (Å²) < 4.78 is 13.6. The van der Waals surface area contributed by atoms with Crippen LogP contribution in [0.2, 0.25) is 0 Å². The van der Waals surface area contributed by atoms with Crippen LogP contribution >= 0.6 is 0 Å². The van der Waals surface area contributed by atoms with Crippen molar-refractivity contribution in [1.29, 1.82) is 0 Å². The summed E-state index contributed by atoms with van der Waals surface area (Å²) in [4.78, 5) is 30.2. The van der Waals surface area contributed by atoms with Crippen LogP contribution in [0.1, 0.15) is 41.9 Å². The van der Waals surface area contributed by atoms with Gasteiger partial charge in [0.15, 0.2) is 5.78 Å². The number of H-pyrrole nitrogens is 1. The molecule has 1 aliphatic heterocycles. The standard InChI is InChI=1S/C22H26FN3O2/c1-5-26(6-2)12-16(27)10-17-13(3)21(24-14(17)4)11-19-18-9-15(23)7-8-20(18)25-22(19)28/h7-9,11,24H,5-6,10,12H2,1-4H3,(H,25,28)/b19-11-. The fourth-order valence-corrected chi connectivity index (χ4v) is 3.62. The van der Waals surface area contributed by atoms with E-state index >= 15 is 0 Å². The lowest BCUT2D eigenvalue weighted by molar-refractivity contribution is -0.119. The summed E-state index contributed by atoms with van der Waals surface area (Å²) in [6.07, 6.45) is 2.09. The van der Waals surface area contributed by atoms with E-state index in [1.807, 2.05) is 27.7 Å². The van der Waals surface area contributed by atoms with Gasteiger partial charge in [-0.15, -0.1) is 0 Å². The van der Waals surface area contributed by atoms with Crippen molar-refractivity contribution in [2.45, 2.75) is 34.1 Å². The zero-order valence-corrected chi connectivity index (χ0v) is 16.8. The first-order valence-corrected chi connectivity index (χ1v) is 9.59. The maximum Gasteiger partial charge on any atom is 0.256 e. The highest BCUT2D eigenvalue weighted by Gasteiger charge is 2.25. The highest BCUT2D eigenvalue weighted by atomic mass is 19.1. The molecule has 148 valence electrons. The molecule has 0 atom stereocenters. The highest BCUT2D eigenvalue weighted by molar-refractivity contribution is 6.34. The predicted octanol–water partition coefficient (Wildman–Crippen LogP) is 3.72. The Kier molecular flexibility index (Phi) is 5.79. The fourth-order valence-electron chi connectivity index (χ4n) is 3.62. The first-order chi connectivity index (χ1) is 13.3. The molecule has 0 spiro atoms. The molecule has 0 fully saturated rings. The first kappa shape index (κ1) is 20.0. The summed E-state index contributed by atoms with van der Waals surface area (Å²) in [6, 6.07) is 4.25. The van der Waals surface area contributed by atoms with Crippen molar-refractivity contribution in [3.63, 3.8) is 0 Å². The number of ketones is 1. The minimum absolute atomic E-state index is 0.166. The van der Waals surface area contributed by atoms with Crippen molar-refractivity contribution in [3.8, 4) is 0 Å². The number of anilines is 1. The molecule has 6 heteroatoms. The number of carbonyl (C=O) groups excluding carboxylic acids is 2. The average molecular weight is 383 g/mol. The summed E-state index contributed by atoms with van der Waals surface area (Å²) in [7, 11) is 0. The smallest absolute Gasteiger partial charge is 0.256 e. The lowest BCUT2D eigenvalue weighted by Crippen LogP contribution is -2.30. The van der Waals surface area contributed by atoms with Crippen molar-refractivity contribution in [1.82, 2.24) is 9.88 Å². The Hall–Kier alpha value is -2.73. The molecule has 2 heterocycles. The molecule has 0 unspecified atom stereocenters. The number of benzene rings is 1. The third kappa shape index (κ3) is 3.92. The van der Waals surface area contributed by atoms with Gasteiger partial charge >= 0.3 is 0 Å². The van der Waals surface area contributed by atoms with Crippen molar-refractivity contribution in [2.75, 3.05) is 25.0 Å². The summed E-state index contributed by atoms with van der Waals surface area (Å²) >= 11 is 0. The van der Waals surface area contributed by atoms with Crippen molar-refractivity contribution in [3.05, 3.63) is 52.1 Å². The molecule has 5 nitrogen and oxygen atoms in total. The third-order valence-corrected chi connectivity index (χ3v) is 5.35. The molecule has 0 saturated heterocycles. The second-order valence-electron chi connectivity index (χ2n) is 7.15. The van der Waals surface area contributed by atoms with E-state index in [1.54, 1.807) is 12.1 Å². The lowest BCUT2D eigenvalue weighted by Gasteiger charge is -2.16. The molecule has 0 radical (unpaired) electrons. The maximum absolute atomic E-state index is 13.6. The van der Waals surface area contributed by atoms with Crippen LogP contribution in [0.4, 0.5) is 10.1 Å². The SMILES string of the molecule is CCN(CC)CC(=O)Cc1c(C)[nH]c(/C=C2\C(=O)Nc3ccc(F)cc32)c1C. The molecule has 3 rings (SSSR count). The molecular weight excluding hydrogens is 357 g/mol. The summed E-state index contributed by atoms with van der Waals surface area (Å²) in [5.74, 6) is -0.478. The Balaban J connectivity index is 1.89. The van der Waals surface area contributed by atoms with Gasteiger partial charge in [-0.2, -0.15) is 0 Å². The minimum Gasteiger partial charge on any atom is -0.359 e. The number of aromatic amines is 1. The number of likely N-dealkylation sites (N-methyl/N-ethyl adjacent to an activating group) is 1. The predicted molar refractivity (Wildman–Crippen MR) is 110 cm³/mol. The number of nitrogens with zero attached hydrogens (tertiary/aromatic N) is 1. The van der Waals surface area contributed by atoms with Crippen LogP contribution < -0.4 is 5.32 Å². The molecule has 2 aromatic rings. The van der Waals surface area contributed by atoms with Crippen LogP contribution in [0.5, 0.6) is 0 Å². The van der Waals surface area contributed by atoms with Gasteiger partial charge in [0.1, 0.15) is 5.82 Å². The van der Waals surface area contributed by atoms with Crippen molar-refractivity contribution in [2.24, 2.45) is 0 Å². The number of aryl methyl sites for hydroxylation is 1. The first-order valence-electron chi connectivity index (χ1n) is 9.59. The van der Waals surface area contributed by atoms with E-state index in [0.717, 1.165) is 35.6 Å². The topological polar surface area (TPSA) is 65.2 Å². The van der Waals surface area contributed by atoms with Gasteiger partial charge in [0.05, 0.1) is 12.1 Å². The number of halogens is 1. The zero-order chi connectivity index (χ0) is 20.4. The molecule has 1 aliphatic rings. The Morgan fingerprint density at radius 3 is 2.61 bits per heavy atom. The second kappa shape index (κ2) is 8.10. The molecule has 1 amide bonds. The van der Waals surface area contributed by atoms with Gasteiger partial charge in [-0.1, -0.05) is 13.8 Å². The van der Waals surface area contributed by atoms with Crippen LogP contribution in [0.3, 0.4) is 0 Å². The summed E-state index contributed by atoms with van der Waals surface area (Å²) in [5.41, 5.74) is 5.15. The molecule has 0 saturated carbocycles. The maximum atomic E-state index is 13.6. The molecule has 0 aliphatic carbocycles.